The molecule has 3 aromatic carbocycles. The number of hydrogen-bond acceptors (Lipinski definition) is 4. The second kappa shape index (κ2) is 8.20. The van der Waals surface area contributed by atoms with Crippen molar-refractivity contribution in [1.29, 1.82) is 0 Å². The highest BCUT2D eigenvalue weighted by Gasteiger charge is 2.27. The Bertz CT molecular complexity index is 1020. The number of benzene rings is 3. The molecule has 1 aliphatic heterocycles. The van der Waals surface area contributed by atoms with Gasteiger partial charge in [-0.05, 0) is 37.3 Å². The Balaban J connectivity index is 1.56. The number of hydrogen-bond donors (Lipinski definition) is 1. The van der Waals surface area contributed by atoms with E-state index < -0.39 is 0 Å². The minimum atomic E-state index is -0.0520. The Kier molecular flexibility index (Phi) is 5.50. The number of nitrogens with zero attached hydrogens (tertiary/aromatic N) is 2. The number of hydrazone groups is 1. The summed E-state index contributed by atoms with van der Waals surface area (Å²) in [6.07, 6.45) is 0. The largest absolute Gasteiger partial charge is 0.300 e. The first kappa shape index (κ1) is 18.8. The van der Waals surface area contributed by atoms with Gasteiger partial charge in [-0.2, -0.15) is 5.10 Å². The lowest BCUT2D eigenvalue weighted by atomic mass is 10.1. The zero-order valence-electron chi connectivity index (χ0n) is 15.2. The van der Waals surface area contributed by atoms with Crippen LogP contribution in [0.3, 0.4) is 0 Å². The van der Waals surface area contributed by atoms with E-state index in [4.69, 9.17) is 0 Å². The normalized spacial score (nSPS) is 12.9. The van der Waals surface area contributed by atoms with Gasteiger partial charge in [-0.15, -0.1) is 0 Å². The Morgan fingerprint density at radius 3 is 2.18 bits per heavy atom. The fraction of sp³-hybridized carbons (Fsp3) is 0.0909. The maximum absolute atomic E-state index is 13.1. The van der Waals surface area contributed by atoms with E-state index in [2.05, 4.69) is 26.5 Å². The van der Waals surface area contributed by atoms with Crippen LogP contribution >= 0.6 is 27.7 Å². The molecule has 6 heteroatoms. The van der Waals surface area contributed by atoms with Crippen LogP contribution in [0.5, 0.6) is 0 Å². The van der Waals surface area contributed by atoms with Crippen molar-refractivity contribution >= 4 is 50.7 Å². The number of halogens is 1. The molecule has 0 spiro atoms. The lowest BCUT2D eigenvalue weighted by molar-refractivity contribution is -0.117. The second-order valence-corrected chi connectivity index (χ2v) is 8.22. The van der Waals surface area contributed by atoms with Gasteiger partial charge < -0.3 is 5.43 Å². The summed E-state index contributed by atoms with van der Waals surface area (Å²) in [5.74, 6) is -0.0520. The van der Waals surface area contributed by atoms with Crippen molar-refractivity contribution < 1.29 is 4.79 Å². The maximum Gasteiger partial charge on any atom is 0.252 e. The van der Waals surface area contributed by atoms with Crippen LogP contribution in [0, 0.1) is 0 Å². The monoisotopic (exact) mass is 451 g/mol. The van der Waals surface area contributed by atoms with E-state index in [1.165, 1.54) is 0 Å². The van der Waals surface area contributed by atoms with Crippen molar-refractivity contribution in [3.63, 3.8) is 0 Å². The summed E-state index contributed by atoms with van der Waals surface area (Å²) in [5.41, 5.74) is 6.56. The Hall–Kier alpha value is -2.57. The number of para-hydroxylation sites is 2. The summed E-state index contributed by atoms with van der Waals surface area (Å²) in [7, 11) is 0. The van der Waals surface area contributed by atoms with Gasteiger partial charge in [0, 0.05) is 19.8 Å². The van der Waals surface area contributed by atoms with Gasteiger partial charge in [0.2, 0.25) is 0 Å². The SMILES string of the molecule is C/C(=N\NCC(=O)N1c2ccccc2Sc2ccccc21)c1ccccc1Br. The van der Waals surface area contributed by atoms with Gasteiger partial charge in [0.15, 0.2) is 0 Å². The maximum atomic E-state index is 13.1. The van der Waals surface area contributed by atoms with Crippen LogP contribution in [-0.2, 0) is 4.79 Å². The van der Waals surface area contributed by atoms with Gasteiger partial charge in [0.25, 0.3) is 5.91 Å². The Morgan fingerprint density at radius 2 is 1.54 bits per heavy atom. The highest BCUT2D eigenvalue weighted by Crippen LogP contribution is 2.47. The number of carbonyl (C=O) groups is 1. The third kappa shape index (κ3) is 3.70. The summed E-state index contributed by atoms with van der Waals surface area (Å²) in [5, 5.41) is 4.39. The van der Waals surface area contributed by atoms with Crippen LogP contribution in [0.1, 0.15) is 12.5 Å². The molecule has 1 amide bonds. The van der Waals surface area contributed by atoms with Crippen LogP contribution in [0.4, 0.5) is 11.4 Å². The van der Waals surface area contributed by atoms with Crippen LogP contribution in [0.25, 0.3) is 0 Å². The zero-order valence-corrected chi connectivity index (χ0v) is 17.6. The summed E-state index contributed by atoms with van der Waals surface area (Å²) >= 11 is 5.21. The minimum Gasteiger partial charge on any atom is -0.300 e. The first-order valence-corrected chi connectivity index (χ1v) is 10.5. The Morgan fingerprint density at radius 1 is 0.964 bits per heavy atom. The molecule has 0 aliphatic carbocycles. The molecule has 0 saturated carbocycles. The lowest BCUT2D eigenvalue weighted by Crippen LogP contribution is -2.35. The smallest absolute Gasteiger partial charge is 0.252 e. The fourth-order valence-electron chi connectivity index (χ4n) is 3.09. The molecule has 0 fully saturated rings. The van der Waals surface area contributed by atoms with Crippen LogP contribution < -0.4 is 10.3 Å². The van der Waals surface area contributed by atoms with E-state index in [-0.39, 0.29) is 12.5 Å². The van der Waals surface area contributed by atoms with E-state index in [0.717, 1.165) is 36.9 Å². The van der Waals surface area contributed by atoms with E-state index in [0.29, 0.717) is 0 Å². The molecule has 0 radical (unpaired) electrons. The average molecular weight is 452 g/mol. The predicted octanol–water partition coefficient (Wildman–Crippen LogP) is 5.59. The molecule has 0 atom stereocenters. The number of anilines is 2. The predicted molar refractivity (Wildman–Crippen MR) is 119 cm³/mol. The van der Waals surface area contributed by atoms with Crippen molar-refractivity contribution in [1.82, 2.24) is 5.43 Å². The van der Waals surface area contributed by atoms with Crippen molar-refractivity contribution in [3.8, 4) is 0 Å². The highest BCUT2D eigenvalue weighted by molar-refractivity contribution is 9.10. The first-order chi connectivity index (χ1) is 13.6. The standard InChI is InChI=1S/C22H18BrN3OS/c1-15(16-8-2-3-9-17(16)23)25-24-14-22(27)26-18-10-4-6-12-20(18)28-21-13-7-5-11-19(21)26/h2-13,24H,14H2,1H3/b25-15+. The van der Waals surface area contributed by atoms with E-state index in [1.54, 1.807) is 16.7 Å². The third-order valence-electron chi connectivity index (χ3n) is 4.42. The third-order valence-corrected chi connectivity index (χ3v) is 6.24. The van der Waals surface area contributed by atoms with Gasteiger partial charge in [-0.25, -0.2) is 0 Å². The fourth-order valence-corrected chi connectivity index (χ4v) is 4.72. The van der Waals surface area contributed by atoms with Gasteiger partial charge in [-0.3, -0.25) is 9.69 Å². The summed E-state index contributed by atoms with van der Waals surface area (Å²) < 4.78 is 0.972. The van der Waals surface area contributed by atoms with Crippen LogP contribution in [-0.4, -0.2) is 18.2 Å². The number of amides is 1. The molecule has 0 unspecified atom stereocenters. The zero-order chi connectivity index (χ0) is 19.5. The molecule has 28 heavy (non-hydrogen) atoms. The van der Waals surface area contributed by atoms with Gasteiger partial charge >= 0.3 is 0 Å². The van der Waals surface area contributed by atoms with Gasteiger partial charge in [0.1, 0.15) is 6.54 Å². The number of carbonyl (C=O) groups excluding carboxylic acids is 1. The molecule has 0 aromatic heterocycles. The van der Waals surface area contributed by atoms with Crippen LogP contribution in [0.2, 0.25) is 0 Å². The van der Waals surface area contributed by atoms with Crippen LogP contribution in [0.15, 0.2) is 92.2 Å². The van der Waals surface area contributed by atoms with Crippen molar-refractivity contribution in [2.75, 3.05) is 11.4 Å². The number of fused-ring (bicyclic) bond motifs is 2. The van der Waals surface area contributed by atoms with E-state index in [1.807, 2.05) is 79.7 Å². The second-order valence-electron chi connectivity index (χ2n) is 6.28. The van der Waals surface area contributed by atoms with Crippen molar-refractivity contribution in [2.24, 2.45) is 5.10 Å². The number of rotatable bonds is 4. The summed E-state index contributed by atoms with van der Waals surface area (Å²) in [6.45, 7) is 2.02. The molecule has 1 aliphatic rings. The lowest BCUT2D eigenvalue weighted by Gasteiger charge is -2.30. The molecule has 1 heterocycles. The highest BCUT2D eigenvalue weighted by atomic mass is 79.9. The minimum absolute atomic E-state index is 0.0520. The summed E-state index contributed by atoms with van der Waals surface area (Å²) in [4.78, 5) is 17.0. The molecule has 4 nitrogen and oxygen atoms in total. The van der Waals surface area contributed by atoms with E-state index in [9.17, 15) is 4.79 Å². The molecule has 4 rings (SSSR count). The molecular weight excluding hydrogens is 434 g/mol. The average Bonchev–Trinajstić information content (AvgIpc) is 2.72. The van der Waals surface area contributed by atoms with Crippen molar-refractivity contribution in [2.45, 2.75) is 16.7 Å². The van der Waals surface area contributed by atoms with E-state index >= 15 is 0 Å². The first-order valence-electron chi connectivity index (χ1n) is 8.86. The molecule has 0 bridgehead atoms. The molecule has 0 saturated heterocycles. The van der Waals surface area contributed by atoms with Gasteiger partial charge in [-0.1, -0.05) is 70.2 Å². The summed E-state index contributed by atoms with van der Waals surface area (Å²) in [6, 6.07) is 23.8. The number of nitrogens with one attached hydrogen (secondary N) is 1. The van der Waals surface area contributed by atoms with Gasteiger partial charge in [0.05, 0.1) is 17.1 Å². The Labute approximate surface area is 176 Å². The molecular formula is C22H18BrN3OS. The van der Waals surface area contributed by atoms with Crippen molar-refractivity contribution in [3.05, 3.63) is 82.8 Å². The quantitative estimate of drug-likeness (QED) is 0.415. The topological polar surface area (TPSA) is 44.7 Å². The molecule has 140 valence electrons. The molecule has 1 N–H and O–H groups in total. The molecule has 3 aromatic rings.